The molecule has 1 heterocycles. The number of nitrogens with zero attached hydrogens (tertiary/aromatic N) is 1. The molecular formula is C17H16ClNO8S. The largest absolute Gasteiger partial charge is 0.493 e. The summed E-state index contributed by atoms with van der Waals surface area (Å²) in [7, 11) is 1.34. The molecule has 1 aliphatic heterocycles. The minimum absolute atomic E-state index is 0.0409. The van der Waals surface area contributed by atoms with Crippen molar-refractivity contribution in [1.82, 2.24) is 4.90 Å². The third-order valence-electron chi connectivity index (χ3n) is 3.36. The Balaban J connectivity index is 2.26. The second-order valence-corrected chi connectivity index (χ2v) is 6.69. The first kappa shape index (κ1) is 21.6. The Hall–Kier alpha value is -2.72. The smallest absolute Gasteiger partial charge is 0.341 e. The first-order valence-electron chi connectivity index (χ1n) is 7.90. The van der Waals surface area contributed by atoms with Crippen molar-refractivity contribution < 1.29 is 38.5 Å². The molecule has 1 aromatic carbocycles. The molecule has 1 N–H and O–H groups in total. The predicted octanol–water partition coefficient (Wildman–Crippen LogP) is 2.41. The van der Waals surface area contributed by atoms with Crippen LogP contribution in [0, 0.1) is 0 Å². The SMILES string of the molecule is CCOC(=O)CN1C(=O)S/C(=C/c2cc(Cl)c(OCC(=O)O)c(OC)c2)C1=O. The standard InChI is InChI=1S/C17H16ClNO8S/c1-3-26-14(22)7-19-16(23)12(28-17(19)24)6-9-4-10(18)15(11(5-9)25-2)27-8-13(20)21/h4-6H,3,7-8H2,1-2H3,(H,20,21)/b12-6+. The minimum Gasteiger partial charge on any atom is -0.493 e. The molecule has 0 saturated carbocycles. The van der Waals surface area contributed by atoms with Crippen molar-refractivity contribution in [2.24, 2.45) is 0 Å². The fraction of sp³-hybridized carbons (Fsp3) is 0.294. The molecule has 11 heteroatoms. The van der Waals surface area contributed by atoms with Gasteiger partial charge in [-0.1, -0.05) is 11.6 Å². The van der Waals surface area contributed by atoms with Crippen LogP contribution in [0.3, 0.4) is 0 Å². The summed E-state index contributed by atoms with van der Waals surface area (Å²) in [5.41, 5.74) is 0.422. The van der Waals surface area contributed by atoms with Gasteiger partial charge in [0.2, 0.25) is 0 Å². The molecule has 0 atom stereocenters. The van der Waals surface area contributed by atoms with E-state index in [2.05, 4.69) is 0 Å². The van der Waals surface area contributed by atoms with Crippen molar-refractivity contribution in [2.45, 2.75) is 6.92 Å². The number of carboxylic acids is 1. The number of halogens is 1. The van der Waals surface area contributed by atoms with E-state index in [0.717, 1.165) is 4.90 Å². The van der Waals surface area contributed by atoms with Crippen LogP contribution in [0.4, 0.5) is 4.79 Å². The van der Waals surface area contributed by atoms with Crippen LogP contribution in [-0.2, 0) is 19.1 Å². The number of carboxylic acid groups (broad SMARTS) is 1. The van der Waals surface area contributed by atoms with E-state index in [1.54, 1.807) is 6.92 Å². The second kappa shape index (κ2) is 9.47. The zero-order valence-electron chi connectivity index (χ0n) is 14.9. The Morgan fingerprint density at radius 2 is 2.04 bits per heavy atom. The average molecular weight is 430 g/mol. The molecule has 0 unspecified atom stereocenters. The summed E-state index contributed by atoms with van der Waals surface area (Å²) in [4.78, 5) is 47.5. The monoisotopic (exact) mass is 429 g/mol. The van der Waals surface area contributed by atoms with E-state index < -0.39 is 36.2 Å². The van der Waals surface area contributed by atoms with Gasteiger partial charge in [0.05, 0.1) is 23.6 Å². The summed E-state index contributed by atoms with van der Waals surface area (Å²) in [6, 6.07) is 2.91. The lowest BCUT2D eigenvalue weighted by molar-refractivity contribution is -0.146. The van der Waals surface area contributed by atoms with E-state index in [9.17, 15) is 19.2 Å². The third kappa shape index (κ3) is 5.17. The number of benzene rings is 1. The number of hydrogen-bond donors (Lipinski definition) is 1. The van der Waals surface area contributed by atoms with Crippen LogP contribution >= 0.6 is 23.4 Å². The van der Waals surface area contributed by atoms with Gasteiger partial charge in [0.1, 0.15) is 6.54 Å². The van der Waals surface area contributed by atoms with Gasteiger partial charge in [-0.05, 0) is 42.5 Å². The molecule has 0 bridgehead atoms. The molecule has 1 aliphatic rings. The van der Waals surface area contributed by atoms with Gasteiger partial charge >= 0.3 is 11.9 Å². The fourth-order valence-corrected chi connectivity index (χ4v) is 3.33. The van der Waals surface area contributed by atoms with Crippen LogP contribution in [0.5, 0.6) is 11.5 Å². The molecule has 0 aromatic heterocycles. The van der Waals surface area contributed by atoms with Gasteiger partial charge in [0.15, 0.2) is 18.1 Å². The zero-order valence-corrected chi connectivity index (χ0v) is 16.5. The summed E-state index contributed by atoms with van der Waals surface area (Å²) in [5.74, 6) is -2.30. The quantitative estimate of drug-likeness (QED) is 0.490. The highest BCUT2D eigenvalue weighted by atomic mass is 35.5. The number of aliphatic carboxylic acids is 1. The first-order valence-corrected chi connectivity index (χ1v) is 9.09. The average Bonchev–Trinajstić information content (AvgIpc) is 2.87. The Bertz CT molecular complexity index is 854. The number of carbonyl (C=O) groups excluding carboxylic acids is 3. The third-order valence-corrected chi connectivity index (χ3v) is 4.54. The maximum absolute atomic E-state index is 12.4. The van der Waals surface area contributed by atoms with Crippen molar-refractivity contribution in [2.75, 3.05) is 26.9 Å². The van der Waals surface area contributed by atoms with Crippen LogP contribution in [0.15, 0.2) is 17.0 Å². The lowest BCUT2D eigenvalue weighted by atomic mass is 10.1. The molecule has 2 amide bonds. The second-order valence-electron chi connectivity index (χ2n) is 5.29. The van der Waals surface area contributed by atoms with Crippen LogP contribution in [0.25, 0.3) is 6.08 Å². The van der Waals surface area contributed by atoms with Crippen molar-refractivity contribution in [3.8, 4) is 11.5 Å². The normalized spacial score (nSPS) is 15.1. The summed E-state index contributed by atoms with van der Waals surface area (Å²) in [6.07, 6.45) is 1.41. The Kier molecular flexibility index (Phi) is 7.30. The van der Waals surface area contributed by atoms with E-state index in [1.165, 1.54) is 25.3 Å². The number of esters is 1. The Morgan fingerprint density at radius 1 is 1.32 bits per heavy atom. The van der Waals surface area contributed by atoms with Crippen LogP contribution in [-0.4, -0.2) is 60.0 Å². The molecule has 0 spiro atoms. The molecule has 0 radical (unpaired) electrons. The van der Waals surface area contributed by atoms with Gasteiger partial charge in [-0.2, -0.15) is 0 Å². The Morgan fingerprint density at radius 3 is 2.64 bits per heavy atom. The first-order chi connectivity index (χ1) is 13.3. The number of methoxy groups -OCH3 is 1. The highest BCUT2D eigenvalue weighted by molar-refractivity contribution is 8.18. The number of rotatable bonds is 8. The number of hydrogen-bond acceptors (Lipinski definition) is 8. The molecular weight excluding hydrogens is 414 g/mol. The number of ether oxygens (including phenoxy) is 3. The maximum Gasteiger partial charge on any atom is 0.341 e. The molecule has 9 nitrogen and oxygen atoms in total. The van der Waals surface area contributed by atoms with Crippen LogP contribution < -0.4 is 9.47 Å². The van der Waals surface area contributed by atoms with E-state index in [4.69, 9.17) is 30.9 Å². The van der Waals surface area contributed by atoms with E-state index in [-0.39, 0.29) is 28.0 Å². The van der Waals surface area contributed by atoms with Crippen LogP contribution in [0.1, 0.15) is 12.5 Å². The number of carbonyl (C=O) groups is 4. The Labute approximate surface area is 169 Å². The molecule has 28 heavy (non-hydrogen) atoms. The number of amides is 2. The minimum atomic E-state index is -1.18. The van der Waals surface area contributed by atoms with Crippen molar-refractivity contribution in [3.63, 3.8) is 0 Å². The van der Waals surface area contributed by atoms with Gasteiger partial charge in [0, 0.05) is 0 Å². The number of imide groups is 1. The topological polar surface area (TPSA) is 119 Å². The highest BCUT2D eigenvalue weighted by Gasteiger charge is 2.36. The highest BCUT2D eigenvalue weighted by Crippen LogP contribution is 2.38. The fourth-order valence-electron chi connectivity index (χ4n) is 2.22. The zero-order chi connectivity index (χ0) is 20.8. The molecule has 150 valence electrons. The maximum atomic E-state index is 12.4. The van der Waals surface area contributed by atoms with Crippen molar-refractivity contribution in [1.29, 1.82) is 0 Å². The van der Waals surface area contributed by atoms with Gasteiger partial charge in [-0.25, -0.2) is 4.79 Å². The summed E-state index contributed by atoms with van der Waals surface area (Å²) in [5, 5.41) is 8.19. The van der Waals surface area contributed by atoms with E-state index in [1.807, 2.05) is 0 Å². The van der Waals surface area contributed by atoms with Crippen molar-refractivity contribution >= 4 is 52.5 Å². The summed E-state index contributed by atoms with van der Waals surface area (Å²) in [6.45, 7) is 0.677. The van der Waals surface area contributed by atoms with Gasteiger partial charge in [0.25, 0.3) is 11.1 Å². The molecule has 1 saturated heterocycles. The van der Waals surface area contributed by atoms with Crippen molar-refractivity contribution in [3.05, 3.63) is 27.6 Å². The van der Waals surface area contributed by atoms with Gasteiger partial charge in [-0.3, -0.25) is 19.3 Å². The lowest BCUT2D eigenvalue weighted by Crippen LogP contribution is -2.34. The summed E-state index contributed by atoms with van der Waals surface area (Å²) >= 11 is 6.79. The summed E-state index contributed by atoms with van der Waals surface area (Å²) < 4.78 is 15.0. The molecule has 2 rings (SSSR count). The predicted molar refractivity (Wildman–Crippen MR) is 100 cm³/mol. The van der Waals surface area contributed by atoms with E-state index >= 15 is 0 Å². The number of thioether (sulfide) groups is 1. The molecule has 1 fully saturated rings. The lowest BCUT2D eigenvalue weighted by Gasteiger charge is -2.12. The van der Waals surface area contributed by atoms with Gasteiger partial charge in [-0.15, -0.1) is 0 Å². The molecule has 1 aromatic rings. The van der Waals surface area contributed by atoms with E-state index in [0.29, 0.717) is 17.3 Å². The van der Waals surface area contributed by atoms with Gasteiger partial charge < -0.3 is 19.3 Å². The molecule has 0 aliphatic carbocycles. The van der Waals surface area contributed by atoms with Crippen LogP contribution in [0.2, 0.25) is 5.02 Å².